The molecule has 5 aliphatic carbocycles. The lowest BCUT2D eigenvalue weighted by Crippen LogP contribution is -2.68. The lowest BCUT2D eigenvalue weighted by atomic mass is 9.43. The molecule has 0 amide bonds. The van der Waals surface area contributed by atoms with Crippen LogP contribution in [0.3, 0.4) is 0 Å². The SMILES string of the molecule is C=C1[C@@H](OC(=O)c2ccccc2)[C@]23C[C@@H]1[C@@H](OC(=O)c1ccccc1)C[C@H]2[C@@]12C4[C@H]3C[C@@H]1[C@@](C)(CC[C@@H]2O)CN4CC. The van der Waals surface area contributed by atoms with Crippen molar-refractivity contribution in [2.24, 2.45) is 39.9 Å². The average Bonchev–Trinajstić information content (AvgIpc) is 3.54. The molecule has 1 saturated heterocycles. The summed E-state index contributed by atoms with van der Waals surface area (Å²) in [5, 5.41) is 12.2. The predicted molar refractivity (Wildman–Crippen MR) is 157 cm³/mol. The Bertz CT molecular complexity index is 1440. The molecule has 6 aliphatic rings. The van der Waals surface area contributed by atoms with E-state index in [0.717, 1.165) is 44.3 Å². The first-order valence-corrected chi connectivity index (χ1v) is 15.9. The lowest BCUT2D eigenvalue weighted by molar-refractivity contribution is -0.218. The summed E-state index contributed by atoms with van der Waals surface area (Å²) in [6.07, 6.45) is 3.09. The number of aliphatic hydroxyl groups is 1. The summed E-state index contributed by atoms with van der Waals surface area (Å²) >= 11 is 0. The van der Waals surface area contributed by atoms with E-state index < -0.39 is 12.2 Å². The highest BCUT2D eigenvalue weighted by atomic mass is 16.6. The van der Waals surface area contributed by atoms with Gasteiger partial charge < -0.3 is 14.6 Å². The van der Waals surface area contributed by atoms with Gasteiger partial charge in [-0.2, -0.15) is 0 Å². The summed E-state index contributed by atoms with van der Waals surface area (Å²) < 4.78 is 12.9. The summed E-state index contributed by atoms with van der Waals surface area (Å²) in [4.78, 5) is 29.7. The number of aliphatic hydroxyl groups excluding tert-OH is 1. The Morgan fingerprint density at radius 2 is 1.62 bits per heavy atom. The maximum atomic E-state index is 13.6. The van der Waals surface area contributed by atoms with Crippen molar-refractivity contribution >= 4 is 11.9 Å². The molecule has 0 radical (unpaired) electrons. The third kappa shape index (κ3) is 3.18. The van der Waals surface area contributed by atoms with Gasteiger partial charge in [-0.1, -0.05) is 56.8 Å². The molecule has 8 rings (SSSR count). The molecular weight excluding hydrogens is 526 g/mol. The van der Waals surface area contributed by atoms with Gasteiger partial charge >= 0.3 is 11.9 Å². The third-order valence-electron chi connectivity index (χ3n) is 13.0. The minimum atomic E-state index is -0.467. The Hall–Kier alpha value is -2.96. The second-order valence-electron chi connectivity index (χ2n) is 14.4. The molecule has 2 spiro atoms. The Kier molecular flexibility index (Phi) is 5.73. The molecule has 5 saturated carbocycles. The summed E-state index contributed by atoms with van der Waals surface area (Å²) in [5.74, 6) is 0.0351. The van der Waals surface area contributed by atoms with Crippen molar-refractivity contribution in [2.45, 2.75) is 70.3 Å². The van der Waals surface area contributed by atoms with Crippen molar-refractivity contribution in [1.82, 2.24) is 4.90 Å². The number of benzene rings is 2. The van der Waals surface area contributed by atoms with Crippen molar-refractivity contribution in [1.29, 1.82) is 0 Å². The van der Waals surface area contributed by atoms with E-state index in [1.165, 1.54) is 0 Å². The van der Waals surface area contributed by atoms with Gasteiger partial charge in [0.1, 0.15) is 12.2 Å². The van der Waals surface area contributed by atoms with E-state index in [1.807, 2.05) is 36.4 Å². The number of piperidine rings is 1. The fourth-order valence-electron chi connectivity index (χ4n) is 11.8. The molecule has 7 bridgehead atoms. The van der Waals surface area contributed by atoms with Crippen LogP contribution in [0.1, 0.15) is 66.7 Å². The normalized spacial score (nSPS) is 44.5. The highest BCUT2D eigenvalue weighted by Crippen LogP contribution is 2.84. The second-order valence-corrected chi connectivity index (χ2v) is 14.4. The van der Waals surface area contributed by atoms with Crippen LogP contribution in [0.5, 0.6) is 0 Å². The average molecular weight is 568 g/mol. The van der Waals surface area contributed by atoms with Gasteiger partial charge in [-0.15, -0.1) is 0 Å². The number of rotatable bonds is 5. The molecular formula is C36H41NO5. The zero-order valence-corrected chi connectivity index (χ0v) is 24.6. The zero-order valence-electron chi connectivity index (χ0n) is 24.6. The number of ether oxygens (including phenoxy) is 2. The van der Waals surface area contributed by atoms with Gasteiger partial charge in [0.2, 0.25) is 0 Å². The van der Waals surface area contributed by atoms with Gasteiger partial charge in [-0.05, 0) is 91.7 Å². The Labute approximate surface area is 248 Å². The fourth-order valence-corrected chi connectivity index (χ4v) is 11.8. The van der Waals surface area contributed by atoms with Crippen molar-refractivity contribution in [3.63, 3.8) is 0 Å². The van der Waals surface area contributed by atoms with E-state index >= 15 is 0 Å². The van der Waals surface area contributed by atoms with Crippen LogP contribution in [0.15, 0.2) is 72.8 Å². The van der Waals surface area contributed by atoms with Gasteiger partial charge in [-0.25, -0.2) is 9.59 Å². The third-order valence-corrected chi connectivity index (χ3v) is 13.0. The van der Waals surface area contributed by atoms with Gasteiger partial charge in [-0.3, -0.25) is 4.90 Å². The summed E-state index contributed by atoms with van der Waals surface area (Å²) in [6.45, 7) is 11.3. The smallest absolute Gasteiger partial charge is 0.338 e. The molecule has 1 aliphatic heterocycles. The molecule has 2 aromatic rings. The largest absolute Gasteiger partial charge is 0.458 e. The van der Waals surface area contributed by atoms with Crippen LogP contribution in [0.25, 0.3) is 0 Å². The molecule has 11 atom stereocenters. The van der Waals surface area contributed by atoms with E-state index in [4.69, 9.17) is 9.47 Å². The van der Waals surface area contributed by atoms with Gasteiger partial charge in [0, 0.05) is 29.3 Å². The minimum absolute atomic E-state index is 0.0698. The molecule has 6 heteroatoms. The topological polar surface area (TPSA) is 76.1 Å². The Morgan fingerprint density at radius 1 is 0.976 bits per heavy atom. The Balaban J connectivity index is 1.25. The number of likely N-dealkylation sites (tertiary alicyclic amines) is 1. The fraction of sp³-hybridized carbons (Fsp3) is 0.556. The minimum Gasteiger partial charge on any atom is -0.458 e. The van der Waals surface area contributed by atoms with Crippen molar-refractivity contribution < 1.29 is 24.2 Å². The number of carbonyl (C=O) groups is 2. The molecule has 6 nitrogen and oxygen atoms in total. The number of fused-ring (bicyclic) bond motifs is 1. The molecule has 6 fully saturated rings. The van der Waals surface area contributed by atoms with Crippen LogP contribution in [0, 0.1) is 39.9 Å². The van der Waals surface area contributed by atoms with Crippen LogP contribution in [0.2, 0.25) is 0 Å². The van der Waals surface area contributed by atoms with Crippen molar-refractivity contribution in [3.8, 4) is 0 Å². The van der Waals surface area contributed by atoms with Crippen LogP contribution in [-0.2, 0) is 9.47 Å². The maximum Gasteiger partial charge on any atom is 0.338 e. The molecule has 2 aromatic carbocycles. The van der Waals surface area contributed by atoms with Gasteiger partial charge in [0.25, 0.3) is 0 Å². The predicted octanol–water partition coefficient (Wildman–Crippen LogP) is 5.52. The van der Waals surface area contributed by atoms with E-state index in [9.17, 15) is 14.7 Å². The van der Waals surface area contributed by atoms with Crippen molar-refractivity contribution in [2.75, 3.05) is 13.1 Å². The van der Waals surface area contributed by atoms with Crippen LogP contribution < -0.4 is 0 Å². The summed E-state index contributed by atoms with van der Waals surface area (Å²) in [6, 6.07) is 18.6. The number of hydrogen-bond acceptors (Lipinski definition) is 6. The first-order chi connectivity index (χ1) is 20.3. The maximum absolute atomic E-state index is 13.6. The molecule has 1 N–H and O–H groups in total. The summed E-state index contributed by atoms with van der Waals surface area (Å²) in [7, 11) is 0. The van der Waals surface area contributed by atoms with E-state index in [2.05, 4.69) is 25.3 Å². The Morgan fingerprint density at radius 3 is 2.26 bits per heavy atom. The number of carbonyl (C=O) groups excluding carboxylic acids is 2. The van der Waals surface area contributed by atoms with Crippen LogP contribution in [-0.4, -0.2) is 59.4 Å². The van der Waals surface area contributed by atoms with Crippen LogP contribution >= 0.6 is 0 Å². The van der Waals surface area contributed by atoms with E-state index in [-0.39, 0.29) is 52.2 Å². The van der Waals surface area contributed by atoms with Crippen LogP contribution in [0.4, 0.5) is 0 Å². The zero-order chi connectivity index (χ0) is 29.0. The van der Waals surface area contributed by atoms with E-state index in [0.29, 0.717) is 29.4 Å². The molecule has 42 heavy (non-hydrogen) atoms. The first kappa shape index (κ1) is 26.7. The van der Waals surface area contributed by atoms with Gasteiger partial charge in [0.15, 0.2) is 0 Å². The summed E-state index contributed by atoms with van der Waals surface area (Å²) in [5.41, 5.74) is 1.46. The van der Waals surface area contributed by atoms with Crippen molar-refractivity contribution in [3.05, 3.63) is 83.9 Å². The number of nitrogens with zero attached hydrogens (tertiary/aromatic N) is 1. The second kappa shape index (κ2) is 9.03. The number of hydrogen-bond donors (Lipinski definition) is 1. The molecule has 1 unspecified atom stereocenters. The quantitative estimate of drug-likeness (QED) is 0.379. The van der Waals surface area contributed by atoms with Gasteiger partial charge in [0.05, 0.1) is 17.2 Å². The highest BCUT2D eigenvalue weighted by molar-refractivity contribution is 5.90. The number of esters is 2. The van der Waals surface area contributed by atoms with E-state index in [1.54, 1.807) is 24.3 Å². The monoisotopic (exact) mass is 567 g/mol. The molecule has 1 heterocycles. The lowest BCUT2D eigenvalue weighted by Gasteiger charge is -2.65. The molecule has 220 valence electrons. The first-order valence-electron chi connectivity index (χ1n) is 15.9. The highest BCUT2D eigenvalue weighted by Gasteiger charge is 2.86. The standard InChI is InChI=1S/C36H41NO5/c1-4-37-20-34(3)16-15-29(38)36-27(34)17-25(30(36)37)35-19-24(21(2)31(35)42-33(40)23-13-9-6-10-14-23)26(18-28(35)36)41-32(39)22-11-7-5-8-12-22/h5-14,24-31,38H,2,4,15-20H2,1,3H3/t24-,25+,26-,27+,28+,29-,30?,31+,34-,35-,36-/m0/s1. The molecule has 0 aromatic heterocycles.